The molecule has 0 fully saturated rings. The summed E-state index contributed by atoms with van der Waals surface area (Å²) in [6.07, 6.45) is 0.856. The van der Waals surface area contributed by atoms with Crippen molar-refractivity contribution in [3.05, 3.63) is 29.8 Å². The molecule has 1 atom stereocenters. The number of urea groups is 1. The van der Waals surface area contributed by atoms with Gasteiger partial charge in [0.15, 0.2) is 17.6 Å². The maximum Gasteiger partial charge on any atom is 0.387 e. The zero-order valence-electron chi connectivity index (χ0n) is 14.2. The molecule has 0 saturated carbocycles. The maximum absolute atomic E-state index is 12.5. The Bertz CT molecular complexity index is 693. The average Bonchev–Trinajstić information content (AvgIpc) is 2.59. The van der Waals surface area contributed by atoms with E-state index < -0.39 is 30.6 Å². The van der Waals surface area contributed by atoms with Crippen molar-refractivity contribution < 1.29 is 37.4 Å². The maximum atomic E-state index is 12.5. The smallest absolute Gasteiger partial charge is 0.387 e. The lowest BCUT2D eigenvalue weighted by Gasteiger charge is -2.13. The molecular weight excluding hydrogens is 354 g/mol. The first-order chi connectivity index (χ1) is 12.3. The molecule has 2 N–H and O–H groups in total. The molecule has 0 aromatic heterocycles. The van der Waals surface area contributed by atoms with Crippen molar-refractivity contribution in [2.24, 2.45) is 0 Å². The number of benzene rings is 1. The van der Waals surface area contributed by atoms with E-state index in [0.717, 1.165) is 6.08 Å². The standard InChI is InChI=1S/C16H18F2N2O6/c1-9(14(22)20-16(23)19-2)25-12(21)8-7-10-5-4-6-11(24-3)13(10)26-15(17)18/h4-9,15H,1-3H3,(H2,19,20,22,23)/b8-7+/t9-/m0/s1. The minimum Gasteiger partial charge on any atom is -0.493 e. The van der Waals surface area contributed by atoms with E-state index in [4.69, 9.17) is 9.47 Å². The van der Waals surface area contributed by atoms with E-state index in [9.17, 15) is 23.2 Å². The van der Waals surface area contributed by atoms with Crippen molar-refractivity contribution in [2.75, 3.05) is 14.2 Å². The quantitative estimate of drug-likeness (QED) is 0.558. The van der Waals surface area contributed by atoms with Gasteiger partial charge in [-0.05, 0) is 19.1 Å². The number of hydrogen-bond donors (Lipinski definition) is 2. The Morgan fingerprint density at radius 2 is 1.92 bits per heavy atom. The van der Waals surface area contributed by atoms with Crippen molar-refractivity contribution in [3.8, 4) is 11.5 Å². The monoisotopic (exact) mass is 372 g/mol. The Morgan fingerprint density at radius 1 is 1.23 bits per heavy atom. The lowest BCUT2D eigenvalue weighted by molar-refractivity contribution is -0.149. The molecule has 1 rings (SSSR count). The fraction of sp³-hybridized carbons (Fsp3) is 0.312. The highest BCUT2D eigenvalue weighted by Gasteiger charge is 2.19. The van der Waals surface area contributed by atoms with E-state index in [1.165, 1.54) is 45.4 Å². The number of methoxy groups -OCH3 is 1. The van der Waals surface area contributed by atoms with Crippen LogP contribution in [0.1, 0.15) is 12.5 Å². The van der Waals surface area contributed by atoms with E-state index >= 15 is 0 Å². The molecule has 0 aliphatic heterocycles. The number of halogens is 2. The highest BCUT2D eigenvalue weighted by atomic mass is 19.3. The molecule has 0 unspecified atom stereocenters. The summed E-state index contributed by atoms with van der Waals surface area (Å²) >= 11 is 0. The summed E-state index contributed by atoms with van der Waals surface area (Å²) < 4.78 is 39.2. The van der Waals surface area contributed by atoms with Crippen LogP contribution in [-0.2, 0) is 14.3 Å². The molecule has 1 aromatic carbocycles. The molecule has 0 saturated heterocycles. The molecule has 0 aliphatic rings. The topological polar surface area (TPSA) is 103 Å². The lowest BCUT2D eigenvalue weighted by atomic mass is 10.1. The van der Waals surface area contributed by atoms with Crippen molar-refractivity contribution in [3.63, 3.8) is 0 Å². The Morgan fingerprint density at radius 3 is 2.50 bits per heavy atom. The molecule has 8 nitrogen and oxygen atoms in total. The molecule has 1 aromatic rings. The first-order valence-electron chi connectivity index (χ1n) is 7.31. The van der Waals surface area contributed by atoms with Gasteiger partial charge in [0.05, 0.1) is 7.11 Å². The second kappa shape index (κ2) is 9.97. The number of para-hydroxylation sites is 1. The summed E-state index contributed by atoms with van der Waals surface area (Å²) in [5, 5.41) is 4.12. The van der Waals surface area contributed by atoms with E-state index in [-0.39, 0.29) is 17.1 Å². The van der Waals surface area contributed by atoms with Gasteiger partial charge >= 0.3 is 18.6 Å². The van der Waals surface area contributed by atoms with E-state index in [1.54, 1.807) is 0 Å². The third kappa shape index (κ3) is 6.38. The van der Waals surface area contributed by atoms with Crippen LogP contribution in [0.15, 0.2) is 24.3 Å². The molecule has 3 amide bonds. The van der Waals surface area contributed by atoms with Gasteiger partial charge in [-0.2, -0.15) is 8.78 Å². The molecule has 0 aliphatic carbocycles. The second-order valence-corrected chi connectivity index (χ2v) is 4.74. The highest BCUT2D eigenvalue weighted by molar-refractivity contribution is 5.98. The number of hydrogen-bond acceptors (Lipinski definition) is 6. The Hall–Kier alpha value is -3.17. The number of carbonyl (C=O) groups is 3. The largest absolute Gasteiger partial charge is 0.493 e. The van der Waals surface area contributed by atoms with Gasteiger partial charge in [-0.1, -0.05) is 12.1 Å². The van der Waals surface area contributed by atoms with Crippen LogP contribution >= 0.6 is 0 Å². The summed E-state index contributed by atoms with van der Waals surface area (Å²) in [4.78, 5) is 34.4. The fourth-order valence-corrected chi connectivity index (χ4v) is 1.74. The predicted octanol–water partition coefficient (Wildman–Crippen LogP) is 1.70. The Kier molecular flexibility index (Phi) is 8.00. The van der Waals surface area contributed by atoms with E-state index in [2.05, 4.69) is 10.1 Å². The van der Waals surface area contributed by atoms with Gasteiger partial charge in [-0.15, -0.1) is 0 Å². The van der Waals surface area contributed by atoms with E-state index in [0.29, 0.717) is 0 Å². The number of carbonyl (C=O) groups excluding carboxylic acids is 3. The number of imide groups is 1. The minimum atomic E-state index is -3.08. The second-order valence-electron chi connectivity index (χ2n) is 4.74. The third-order valence-corrected chi connectivity index (χ3v) is 2.96. The lowest BCUT2D eigenvalue weighted by Crippen LogP contribution is -2.43. The molecule has 0 bridgehead atoms. The number of alkyl halides is 2. The van der Waals surface area contributed by atoms with Crippen molar-refractivity contribution in [2.45, 2.75) is 19.6 Å². The number of ether oxygens (including phenoxy) is 3. The van der Waals surface area contributed by atoms with Crippen LogP contribution in [0.4, 0.5) is 13.6 Å². The van der Waals surface area contributed by atoms with Crippen LogP contribution in [0.2, 0.25) is 0 Å². The number of nitrogens with one attached hydrogen (secondary N) is 2. The van der Waals surface area contributed by atoms with Gasteiger partial charge < -0.3 is 19.5 Å². The minimum absolute atomic E-state index is 0.0548. The SMILES string of the molecule is CNC(=O)NC(=O)[C@H](C)OC(=O)/C=C/c1cccc(OC)c1OC(F)F. The number of esters is 1. The van der Waals surface area contributed by atoms with Crippen LogP contribution in [0, 0.1) is 0 Å². The van der Waals surface area contributed by atoms with Crippen LogP contribution in [0.3, 0.4) is 0 Å². The summed E-state index contributed by atoms with van der Waals surface area (Å²) in [5.74, 6) is -1.94. The normalized spacial score (nSPS) is 11.8. The third-order valence-electron chi connectivity index (χ3n) is 2.96. The number of rotatable bonds is 7. The summed E-state index contributed by atoms with van der Waals surface area (Å²) in [7, 11) is 2.59. The molecule has 10 heteroatoms. The van der Waals surface area contributed by atoms with Gasteiger partial charge in [-0.3, -0.25) is 10.1 Å². The summed E-state index contributed by atoms with van der Waals surface area (Å²) in [6.45, 7) is -1.82. The van der Waals surface area contributed by atoms with E-state index in [1.807, 2.05) is 5.32 Å². The first kappa shape index (κ1) is 20.9. The highest BCUT2D eigenvalue weighted by Crippen LogP contribution is 2.33. The van der Waals surface area contributed by atoms with Crippen LogP contribution in [-0.4, -0.2) is 44.8 Å². The number of amides is 3. The first-order valence-corrected chi connectivity index (χ1v) is 7.31. The molecule has 0 heterocycles. The molecule has 142 valence electrons. The Labute approximate surface area is 148 Å². The van der Waals surface area contributed by atoms with Crippen LogP contribution in [0.25, 0.3) is 6.08 Å². The van der Waals surface area contributed by atoms with Crippen molar-refractivity contribution in [1.29, 1.82) is 0 Å². The molecular formula is C16H18F2N2O6. The van der Waals surface area contributed by atoms with Crippen molar-refractivity contribution >= 4 is 24.0 Å². The van der Waals surface area contributed by atoms with Crippen LogP contribution < -0.4 is 20.1 Å². The molecule has 0 radical (unpaired) electrons. The Balaban J connectivity index is 2.82. The summed E-state index contributed by atoms with van der Waals surface area (Å²) in [5.41, 5.74) is 0.143. The van der Waals surface area contributed by atoms with Gasteiger partial charge in [-0.25, -0.2) is 9.59 Å². The van der Waals surface area contributed by atoms with Crippen LogP contribution in [0.5, 0.6) is 11.5 Å². The molecule has 0 spiro atoms. The van der Waals surface area contributed by atoms with Crippen molar-refractivity contribution in [1.82, 2.24) is 10.6 Å². The summed E-state index contributed by atoms with van der Waals surface area (Å²) in [6, 6.07) is 3.60. The van der Waals surface area contributed by atoms with Gasteiger partial charge in [0, 0.05) is 18.7 Å². The molecule has 26 heavy (non-hydrogen) atoms. The van der Waals surface area contributed by atoms with Gasteiger partial charge in [0.1, 0.15) is 0 Å². The predicted molar refractivity (Wildman–Crippen MR) is 86.8 cm³/mol. The van der Waals surface area contributed by atoms with Gasteiger partial charge in [0.2, 0.25) is 0 Å². The zero-order chi connectivity index (χ0) is 19.7. The van der Waals surface area contributed by atoms with Gasteiger partial charge in [0.25, 0.3) is 5.91 Å². The fourth-order valence-electron chi connectivity index (χ4n) is 1.74. The zero-order valence-corrected chi connectivity index (χ0v) is 14.2. The average molecular weight is 372 g/mol.